The van der Waals surface area contributed by atoms with Crippen LogP contribution in [0, 0.1) is 24.2 Å². The highest BCUT2D eigenvalue weighted by Crippen LogP contribution is 2.43. The maximum atomic E-state index is 4.18. The highest BCUT2D eigenvalue weighted by molar-refractivity contribution is 4.85. The van der Waals surface area contributed by atoms with Crippen LogP contribution in [0.25, 0.3) is 0 Å². The van der Waals surface area contributed by atoms with E-state index in [2.05, 4.69) is 27.7 Å². The molecule has 1 fully saturated rings. The van der Waals surface area contributed by atoms with Crippen LogP contribution in [0.2, 0.25) is 0 Å². The van der Waals surface area contributed by atoms with Crippen LogP contribution in [0.4, 0.5) is 0 Å². The molecule has 0 aromatic heterocycles. The fourth-order valence-corrected chi connectivity index (χ4v) is 2.18. The summed E-state index contributed by atoms with van der Waals surface area (Å²) in [6, 6.07) is 0. The summed E-state index contributed by atoms with van der Waals surface area (Å²) < 4.78 is 0. The predicted octanol–water partition coefficient (Wildman–Crippen LogP) is 3.67. The highest BCUT2D eigenvalue weighted by atomic mass is 14.4. The first-order valence-corrected chi connectivity index (χ1v) is 4.88. The molecule has 1 aliphatic carbocycles. The van der Waals surface area contributed by atoms with Gasteiger partial charge in [-0.1, -0.05) is 40.5 Å². The molecular formula is C11H21. The second kappa shape index (κ2) is 3.16. The highest BCUT2D eigenvalue weighted by Gasteiger charge is 2.32. The quantitative estimate of drug-likeness (QED) is 0.539. The van der Waals surface area contributed by atoms with Crippen LogP contribution < -0.4 is 0 Å². The summed E-state index contributed by atoms with van der Waals surface area (Å²) in [6.07, 6.45) is 5.49. The Labute approximate surface area is 71.4 Å². The maximum absolute atomic E-state index is 4.18. The molecule has 0 bridgehead atoms. The summed E-state index contributed by atoms with van der Waals surface area (Å²) in [6.45, 7) is 11.3. The van der Waals surface area contributed by atoms with Crippen LogP contribution in [0.5, 0.6) is 0 Å². The van der Waals surface area contributed by atoms with E-state index in [0.29, 0.717) is 5.41 Å². The van der Waals surface area contributed by atoms with Gasteiger partial charge in [-0.3, -0.25) is 0 Å². The van der Waals surface area contributed by atoms with Gasteiger partial charge in [0.25, 0.3) is 0 Å². The van der Waals surface area contributed by atoms with Gasteiger partial charge in [-0.2, -0.15) is 0 Å². The van der Waals surface area contributed by atoms with Crippen molar-refractivity contribution in [3.63, 3.8) is 0 Å². The Morgan fingerprint density at radius 3 is 2.45 bits per heavy atom. The Balaban J connectivity index is 2.55. The molecule has 2 unspecified atom stereocenters. The summed E-state index contributed by atoms with van der Waals surface area (Å²) >= 11 is 0. The molecule has 65 valence electrons. The lowest BCUT2D eigenvalue weighted by atomic mass is 9.65. The lowest BCUT2D eigenvalue weighted by Crippen LogP contribution is -2.29. The summed E-state index contributed by atoms with van der Waals surface area (Å²) in [5.41, 5.74) is 0.588. The molecule has 0 aromatic carbocycles. The van der Waals surface area contributed by atoms with Gasteiger partial charge in [0.15, 0.2) is 0 Å². The molecule has 2 atom stereocenters. The van der Waals surface area contributed by atoms with Gasteiger partial charge in [0.05, 0.1) is 0 Å². The van der Waals surface area contributed by atoms with Crippen molar-refractivity contribution in [1.82, 2.24) is 0 Å². The minimum absolute atomic E-state index is 0.588. The van der Waals surface area contributed by atoms with Gasteiger partial charge in [0.2, 0.25) is 0 Å². The normalized spacial score (nSPS) is 39.5. The molecule has 1 aliphatic rings. The Morgan fingerprint density at radius 1 is 1.45 bits per heavy atom. The molecule has 0 heterocycles. The number of rotatable bonds is 1. The first kappa shape index (κ1) is 9.09. The average molecular weight is 153 g/mol. The van der Waals surface area contributed by atoms with E-state index in [1.54, 1.807) is 0 Å². The van der Waals surface area contributed by atoms with Crippen LogP contribution in [0.15, 0.2) is 0 Å². The third-order valence-corrected chi connectivity index (χ3v) is 3.51. The molecule has 11 heavy (non-hydrogen) atoms. The fourth-order valence-electron chi connectivity index (χ4n) is 2.18. The van der Waals surface area contributed by atoms with Crippen molar-refractivity contribution in [2.45, 2.75) is 46.5 Å². The third kappa shape index (κ3) is 1.98. The van der Waals surface area contributed by atoms with Crippen LogP contribution in [0.3, 0.4) is 0 Å². The first-order chi connectivity index (χ1) is 5.04. The fraction of sp³-hybridized carbons (Fsp3) is 0.909. The van der Waals surface area contributed by atoms with Crippen LogP contribution in [-0.2, 0) is 0 Å². The van der Waals surface area contributed by atoms with Gasteiger partial charge in [-0.25, -0.2) is 0 Å². The van der Waals surface area contributed by atoms with Crippen molar-refractivity contribution in [2.75, 3.05) is 0 Å². The molecule has 0 aliphatic heterocycles. The summed E-state index contributed by atoms with van der Waals surface area (Å²) in [5, 5.41) is 0. The molecule has 1 rings (SSSR count). The maximum Gasteiger partial charge on any atom is -0.0300 e. The molecule has 1 radical (unpaired) electrons. The molecule has 0 spiro atoms. The summed E-state index contributed by atoms with van der Waals surface area (Å²) in [5.74, 6) is 1.54. The van der Waals surface area contributed by atoms with Crippen molar-refractivity contribution in [1.29, 1.82) is 0 Å². The van der Waals surface area contributed by atoms with Gasteiger partial charge < -0.3 is 0 Å². The van der Waals surface area contributed by atoms with Gasteiger partial charge >= 0.3 is 0 Å². The molecule has 0 nitrogen and oxygen atoms in total. The minimum atomic E-state index is 0.588. The van der Waals surface area contributed by atoms with Gasteiger partial charge in [-0.15, -0.1) is 0 Å². The van der Waals surface area contributed by atoms with E-state index in [4.69, 9.17) is 0 Å². The average Bonchev–Trinajstić information content (AvgIpc) is 1.86. The summed E-state index contributed by atoms with van der Waals surface area (Å²) in [7, 11) is 0. The van der Waals surface area contributed by atoms with Gasteiger partial charge in [0.1, 0.15) is 0 Å². The smallest absolute Gasteiger partial charge is 0.0300 e. The van der Waals surface area contributed by atoms with Gasteiger partial charge in [-0.05, 0) is 30.1 Å². The van der Waals surface area contributed by atoms with Gasteiger partial charge in [0, 0.05) is 0 Å². The standard InChI is InChI=1S/C11H21/c1-9(2)11(4)7-5-6-10(3)8-11/h9-10H,3,5-8H2,1-2,4H3. The Morgan fingerprint density at radius 2 is 2.09 bits per heavy atom. The van der Waals surface area contributed by atoms with Crippen molar-refractivity contribution < 1.29 is 0 Å². The monoisotopic (exact) mass is 153 g/mol. The topological polar surface area (TPSA) is 0 Å². The zero-order valence-corrected chi connectivity index (χ0v) is 8.19. The van der Waals surface area contributed by atoms with Crippen LogP contribution in [-0.4, -0.2) is 0 Å². The molecule has 0 aromatic rings. The Bertz CT molecular complexity index is 126. The van der Waals surface area contributed by atoms with Crippen molar-refractivity contribution >= 4 is 0 Å². The summed E-state index contributed by atoms with van der Waals surface area (Å²) in [4.78, 5) is 0. The van der Waals surface area contributed by atoms with E-state index in [1.807, 2.05) is 0 Å². The zero-order chi connectivity index (χ0) is 8.48. The zero-order valence-electron chi connectivity index (χ0n) is 8.19. The van der Waals surface area contributed by atoms with E-state index in [9.17, 15) is 0 Å². The molecular weight excluding hydrogens is 132 g/mol. The lowest BCUT2D eigenvalue weighted by Gasteiger charge is -2.40. The molecule has 0 saturated heterocycles. The van der Waals surface area contributed by atoms with E-state index in [1.165, 1.54) is 25.7 Å². The SMILES string of the molecule is [CH2]C1CCCC(C)(C(C)C)C1. The van der Waals surface area contributed by atoms with Crippen molar-refractivity contribution in [3.8, 4) is 0 Å². The van der Waals surface area contributed by atoms with E-state index in [0.717, 1.165) is 11.8 Å². The largest absolute Gasteiger partial charge is 0.0623 e. The number of hydrogen-bond donors (Lipinski definition) is 0. The number of hydrogen-bond acceptors (Lipinski definition) is 0. The third-order valence-electron chi connectivity index (χ3n) is 3.51. The second-order valence-electron chi connectivity index (χ2n) is 4.77. The molecule has 0 N–H and O–H groups in total. The van der Waals surface area contributed by atoms with E-state index < -0.39 is 0 Å². The molecule has 0 heteroatoms. The molecule has 0 amide bonds. The van der Waals surface area contributed by atoms with E-state index >= 15 is 0 Å². The van der Waals surface area contributed by atoms with Crippen LogP contribution >= 0.6 is 0 Å². The molecule has 1 saturated carbocycles. The lowest BCUT2D eigenvalue weighted by molar-refractivity contribution is 0.117. The Kier molecular flexibility index (Phi) is 2.61. The second-order valence-corrected chi connectivity index (χ2v) is 4.77. The van der Waals surface area contributed by atoms with Crippen molar-refractivity contribution in [3.05, 3.63) is 6.92 Å². The Hall–Kier alpha value is 0. The minimum Gasteiger partial charge on any atom is -0.0623 e. The van der Waals surface area contributed by atoms with E-state index in [-0.39, 0.29) is 0 Å². The van der Waals surface area contributed by atoms with Crippen LogP contribution in [0.1, 0.15) is 46.5 Å². The predicted molar refractivity (Wildman–Crippen MR) is 50.3 cm³/mol. The van der Waals surface area contributed by atoms with Crippen molar-refractivity contribution in [2.24, 2.45) is 17.3 Å². The first-order valence-electron chi connectivity index (χ1n) is 4.88.